The second-order valence-corrected chi connectivity index (χ2v) is 16.3. The number of nitrogens with zero attached hydrogens (tertiary/aromatic N) is 8. The van der Waals surface area contributed by atoms with Crippen molar-refractivity contribution in [2.45, 2.75) is 91.9 Å². The number of para-hydroxylation sites is 1. The number of nitriles is 2. The van der Waals surface area contributed by atoms with Gasteiger partial charge in [0.2, 0.25) is 12.0 Å². The second-order valence-electron chi connectivity index (χ2n) is 16.3. The molecule has 0 amide bonds. The van der Waals surface area contributed by atoms with Crippen molar-refractivity contribution >= 4 is 11.4 Å². The Morgan fingerprint density at radius 2 is 1.36 bits per heavy atom. The molecule has 1 radical (unpaired) electrons. The topological polar surface area (TPSA) is 90.9 Å². The van der Waals surface area contributed by atoms with E-state index in [1.54, 1.807) is 24.3 Å². The number of aromatic nitrogens is 4. The summed E-state index contributed by atoms with van der Waals surface area (Å²) in [6, 6.07) is 36.4. The van der Waals surface area contributed by atoms with E-state index in [2.05, 4.69) is 114 Å². The molecule has 0 aliphatic carbocycles. The van der Waals surface area contributed by atoms with Gasteiger partial charge in [0.15, 0.2) is 5.69 Å². The minimum Gasteiger partial charge on any atom is -0.345 e. The molecule has 6 rings (SSSR count). The molecule has 3 aromatic heterocycles. The van der Waals surface area contributed by atoms with Gasteiger partial charge in [0.05, 0.1) is 13.6 Å². The fourth-order valence-electron chi connectivity index (χ4n) is 6.32. The predicted molar refractivity (Wildman–Crippen MR) is 227 cm³/mol. The van der Waals surface area contributed by atoms with Crippen molar-refractivity contribution in [3.8, 4) is 40.3 Å². The van der Waals surface area contributed by atoms with Gasteiger partial charge in [0.25, 0.3) is 0 Å². The largest absolute Gasteiger partial charge is 0.345 e. The summed E-state index contributed by atoms with van der Waals surface area (Å²) in [6.07, 6.45) is 6.53. The number of aryl methyl sites for hydroxylation is 3. The average Bonchev–Trinajstić information content (AvgIpc) is 3.48. The molecule has 3 heterocycles. The Labute approximate surface area is 363 Å². The van der Waals surface area contributed by atoms with E-state index >= 15 is 0 Å². The number of pyridine rings is 2. The van der Waals surface area contributed by atoms with Gasteiger partial charge in [-0.25, -0.2) is 15.4 Å². The molecule has 0 saturated heterocycles. The molecular formula is C50H47IrN8-3. The quantitative estimate of drug-likeness (QED) is 0.0863. The van der Waals surface area contributed by atoms with Crippen LogP contribution < -0.4 is 4.57 Å². The van der Waals surface area contributed by atoms with Crippen LogP contribution in [-0.4, -0.2) is 14.5 Å². The van der Waals surface area contributed by atoms with Gasteiger partial charge in [-0.2, -0.15) is 35.2 Å². The standard InChI is InChI=1S/C38H34N6.C12H13N2.Ir/c1-37(2,3)27-19-30(43-35(21-27)32-16-14-29(41-7)18-26(32)24-40)11-9-10-12-31-20-28(38(4,5)6)22-36(44-31)33-15-13-25(23-39)17-34(33)42-8;1-10-11(2)14(9-13(10)3)12-7-5-4-6-8-12;/h13-14,17-22H,9-12H2,1-6H3;4-7H,1-3H3;/q-2;-1;. The van der Waals surface area contributed by atoms with E-state index in [1.807, 2.05) is 52.6 Å². The predicted octanol–water partition coefficient (Wildman–Crippen LogP) is 10.9. The number of benzene rings is 3. The Kier molecular flexibility index (Phi) is 15.0. The van der Waals surface area contributed by atoms with Crippen molar-refractivity contribution < 1.29 is 24.7 Å². The molecule has 3 aromatic carbocycles. The zero-order chi connectivity index (χ0) is 42.2. The average molecular weight is 952 g/mol. The minimum atomic E-state index is -0.115. The first kappa shape index (κ1) is 45.5. The molecule has 299 valence electrons. The van der Waals surface area contributed by atoms with Crippen LogP contribution in [0.4, 0.5) is 11.4 Å². The van der Waals surface area contributed by atoms with Crippen LogP contribution in [0, 0.1) is 74.2 Å². The zero-order valence-electron chi connectivity index (χ0n) is 35.2. The molecule has 0 unspecified atom stereocenters. The Morgan fingerprint density at radius 1 is 0.763 bits per heavy atom. The monoisotopic (exact) mass is 952 g/mol. The maximum atomic E-state index is 9.76. The van der Waals surface area contributed by atoms with Gasteiger partial charge in [-0.3, -0.25) is 0 Å². The molecule has 0 atom stereocenters. The summed E-state index contributed by atoms with van der Waals surface area (Å²) in [7, 11) is 2.00. The van der Waals surface area contributed by atoms with E-state index in [0.29, 0.717) is 45.0 Å². The van der Waals surface area contributed by atoms with Gasteiger partial charge < -0.3 is 19.1 Å². The third-order valence-corrected chi connectivity index (χ3v) is 10.0. The maximum Gasteiger partial charge on any atom is 0.241 e. The normalized spacial score (nSPS) is 10.9. The van der Waals surface area contributed by atoms with Crippen molar-refractivity contribution in [1.82, 2.24) is 14.5 Å². The van der Waals surface area contributed by atoms with Crippen molar-refractivity contribution in [2.24, 2.45) is 7.05 Å². The van der Waals surface area contributed by atoms with E-state index in [4.69, 9.17) is 23.1 Å². The van der Waals surface area contributed by atoms with Crippen LogP contribution in [0.3, 0.4) is 0 Å². The fraction of sp³-hybridized carbons (Fsp3) is 0.300. The first-order valence-corrected chi connectivity index (χ1v) is 19.2. The molecule has 9 heteroatoms. The molecule has 6 aromatic rings. The van der Waals surface area contributed by atoms with Crippen LogP contribution in [0.25, 0.3) is 37.9 Å². The van der Waals surface area contributed by atoms with E-state index < -0.39 is 0 Å². The van der Waals surface area contributed by atoms with Gasteiger partial charge in [-0.1, -0.05) is 77.1 Å². The van der Waals surface area contributed by atoms with Gasteiger partial charge >= 0.3 is 0 Å². The van der Waals surface area contributed by atoms with Crippen molar-refractivity contribution in [3.63, 3.8) is 0 Å². The first-order valence-electron chi connectivity index (χ1n) is 19.2. The molecular weight excluding hydrogens is 905 g/mol. The fourth-order valence-corrected chi connectivity index (χ4v) is 6.32. The summed E-state index contributed by atoms with van der Waals surface area (Å²) in [5.74, 6) is 0. The third kappa shape index (κ3) is 11.3. The molecule has 0 aliphatic rings. The molecule has 0 N–H and O–H groups in total. The van der Waals surface area contributed by atoms with E-state index in [-0.39, 0.29) is 30.9 Å². The van der Waals surface area contributed by atoms with Crippen LogP contribution >= 0.6 is 0 Å². The van der Waals surface area contributed by atoms with Crippen molar-refractivity contribution in [1.29, 1.82) is 10.5 Å². The Balaban J connectivity index is 0.000000430. The molecule has 0 fully saturated rings. The van der Waals surface area contributed by atoms with E-state index in [1.165, 1.54) is 11.4 Å². The smallest absolute Gasteiger partial charge is 0.241 e. The van der Waals surface area contributed by atoms with Gasteiger partial charge in [-0.05, 0) is 102 Å². The SMILES string of the molecule is Cc1c(C)[n+](C)[c-]n1-c1[c-]cccc1.[C-]#[N+]c1c[c-]c(-c2cc(C(C)(C)C)cc(CCCCc3cc(C(C)(C)C)cc(-c4[c-]cc(C#N)cc4[N+]#[C-])n3)n2)c(C#N)c1.[Ir]. The number of hydrogen-bond acceptors (Lipinski definition) is 4. The molecule has 8 nitrogen and oxygen atoms in total. The third-order valence-electron chi connectivity index (χ3n) is 10.0. The Morgan fingerprint density at radius 3 is 1.83 bits per heavy atom. The summed E-state index contributed by atoms with van der Waals surface area (Å²) in [5.41, 5.74) is 11.6. The van der Waals surface area contributed by atoms with Crippen LogP contribution in [0.1, 0.15) is 99.4 Å². The second kappa shape index (κ2) is 19.5. The molecule has 59 heavy (non-hydrogen) atoms. The van der Waals surface area contributed by atoms with Crippen LogP contribution in [-0.2, 0) is 50.8 Å². The summed E-state index contributed by atoms with van der Waals surface area (Å²) in [5, 5.41) is 19.0. The minimum absolute atomic E-state index is 0. The first-order chi connectivity index (χ1) is 27.6. The summed E-state index contributed by atoms with van der Waals surface area (Å²) in [4.78, 5) is 16.9. The van der Waals surface area contributed by atoms with Crippen molar-refractivity contribution in [3.05, 3.63) is 165 Å². The van der Waals surface area contributed by atoms with Crippen LogP contribution in [0.5, 0.6) is 0 Å². The molecule has 0 spiro atoms. The summed E-state index contributed by atoms with van der Waals surface area (Å²) in [6.45, 7) is 32.0. The molecule has 0 saturated carbocycles. The number of rotatable bonds is 8. The number of unbranched alkanes of at least 4 members (excludes halogenated alkanes) is 1. The maximum absolute atomic E-state index is 9.76. The Hall–Kier alpha value is -6.22. The van der Waals surface area contributed by atoms with Gasteiger partial charge in [0.1, 0.15) is 6.57 Å². The summed E-state index contributed by atoms with van der Waals surface area (Å²) >= 11 is 0. The van der Waals surface area contributed by atoms with E-state index in [0.717, 1.165) is 53.9 Å². The van der Waals surface area contributed by atoms with Gasteiger partial charge in [0, 0.05) is 55.0 Å². The van der Waals surface area contributed by atoms with E-state index in [9.17, 15) is 10.5 Å². The molecule has 0 bridgehead atoms. The zero-order valence-corrected chi connectivity index (χ0v) is 37.6. The summed E-state index contributed by atoms with van der Waals surface area (Å²) < 4.78 is 4.02. The molecule has 0 aliphatic heterocycles. The van der Waals surface area contributed by atoms with Crippen LogP contribution in [0.2, 0.25) is 0 Å². The Bertz CT molecular complexity index is 2480. The number of hydrogen-bond donors (Lipinski definition) is 0. The number of imidazole rings is 1. The van der Waals surface area contributed by atoms with Crippen LogP contribution in [0.15, 0.2) is 72.8 Å². The van der Waals surface area contributed by atoms with Crippen molar-refractivity contribution in [2.75, 3.05) is 0 Å². The van der Waals surface area contributed by atoms with Gasteiger partial charge in [-0.15, -0.1) is 23.8 Å².